The molecule has 1 heterocycles. The summed E-state index contributed by atoms with van der Waals surface area (Å²) in [6, 6.07) is 26.5. The van der Waals surface area contributed by atoms with Gasteiger partial charge in [-0.15, -0.1) is 6.58 Å². The Morgan fingerprint density at radius 3 is 2.58 bits per heavy atom. The van der Waals surface area contributed by atoms with Crippen LogP contribution in [-0.2, 0) is 30.6 Å². The first kappa shape index (κ1) is 25.2. The Morgan fingerprint density at radius 1 is 0.944 bits per heavy atom. The lowest BCUT2D eigenvalue weighted by Crippen LogP contribution is -2.26. The van der Waals surface area contributed by atoms with E-state index in [2.05, 4.69) is 46.8 Å². The largest absolute Gasteiger partial charge is 0.493 e. The van der Waals surface area contributed by atoms with E-state index in [-0.39, 0.29) is 5.91 Å². The van der Waals surface area contributed by atoms with Gasteiger partial charge in [0.25, 0.3) is 0 Å². The Labute approximate surface area is 213 Å². The van der Waals surface area contributed by atoms with Gasteiger partial charge in [0.15, 0.2) is 0 Å². The van der Waals surface area contributed by atoms with E-state index in [9.17, 15) is 4.79 Å². The lowest BCUT2D eigenvalue weighted by Gasteiger charge is -2.12. The van der Waals surface area contributed by atoms with Gasteiger partial charge in [0, 0.05) is 25.9 Å². The number of fused-ring (bicyclic) bond motifs is 1. The van der Waals surface area contributed by atoms with Crippen molar-refractivity contribution >= 4 is 16.9 Å². The Morgan fingerprint density at radius 2 is 1.72 bits per heavy atom. The summed E-state index contributed by atoms with van der Waals surface area (Å²) in [6.45, 7) is 5.96. The number of aryl methyl sites for hydroxylation is 2. The fraction of sp³-hybridized carbons (Fsp3) is 0.290. The summed E-state index contributed by atoms with van der Waals surface area (Å²) in [7, 11) is 0. The molecule has 3 aromatic carbocycles. The van der Waals surface area contributed by atoms with E-state index >= 15 is 0 Å². The molecule has 4 rings (SSSR count). The van der Waals surface area contributed by atoms with Gasteiger partial charge in [0.1, 0.15) is 11.6 Å². The number of unbranched alkanes of at least 4 members (excludes halogenated alkanes) is 1. The molecule has 0 atom stereocenters. The predicted octanol–water partition coefficient (Wildman–Crippen LogP) is 5.92. The van der Waals surface area contributed by atoms with Gasteiger partial charge >= 0.3 is 0 Å². The van der Waals surface area contributed by atoms with Crippen LogP contribution in [0.5, 0.6) is 5.75 Å². The Balaban J connectivity index is 1.27. The Bertz CT molecular complexity index is 1260. The van der Waals surface area contributed by atoms with Gasteiger partial charge in [-0.3, -0.25) is 4.79 Å². The summed E-state index contributed by atoms with van der Waals surface area (Å²) >= 11 is 0. The van der Waals surface area contributed by atoms with Crippen LogP contribution >= 0.6 is 0 Å². The molecule has 36 heavy (non-hydrogen) atoms. The highest BCUT2D eigenvalue weighted by molar-refractivity contribution is 5.77. The topological polar surface area (TPSA) is 56.1 Å². The van der Waals surface area contributed by atoms with Gasteiger partial charge < -0.3 is 14.6 Å². The first-order valence-electron chi connectivity index (χ1n) is 12.8. The van der Waals surface area contributed by atoms with Crippen LogP contribution in [0, 0.1) is 0 Å². The van der Waals surface area contributed by atoms with Crippen LogP contribution in [0.3, 0.4) is 0 Å². The van der Waals surface area contributed by atoms with Crippen molar-refractivity contribution in [3.63, 3.8) is 0 Å². The molecule has 0 aliphatic heterocycles. The van der Waals surface area contributed by atoms with Crippen LogP contribution in [0.2, 0.25) is 0 Å². The zero-order chi connectivity index (χ0) is 25.0. The molecule has 0 fully saturated rings. The minimum absolute atomic E-state index is 0.0791. The number of hydrogen-bond donors (Lipinski definition) is 1. The molecule has 0 aliphatic carbocycles. The highest BCUT2D eigenvalue weighted by atomic mass is 16.5. The summed E-state index contributed by atoms with van der Waals surface area (Å²) in [5.74, 6) is 2.03. The normalized spacial score (nSPS) is 10.9. The van der Waals surface area contributed by atoms with Gasteiger partial charge in [-0.2, -0.15) is 0 Å². The van der Waals surface area contributed by atoms with Crippen molar-refractivity contribution in [1.82, 2.24) is 14.9 Å². The van der Waals surface area contributed by atoms with Crippen molar-refractivity contribution in [2.45, 2.75) is 45.1 Å². The highest BCUT2D eigenvalue weighted by Gasteiger charge is 2.11. The number of benzene rings is 3. The van der Waals surface area contributed by atoms with E-state index in [0.29, 0.717) is 26.0 Å². The van der Waals surface area contributed by atoms with Crippen molar-refractivity contribution < 1.29 is 9.53 Å². The van der Waals surface area contributed by atoms with Crippen LogP contribution in [-0.4, -0.2) is 28.6 Å². The number of hydrogen-bond acceptors (Lipinski definition) is 3. The standard InChI is InChI=1S/C31H35N3O2/c1-2-12-26-15-6-9-18-29(26)36-24-11-10-23-34-28-17-8-7-16-27(28)33-30(34)21-22-32-31(35)20-19-25-13-4-3-5-14-25/h2-9,13-18H,1,10-12,19-24H2,(H,32,35). The Hall–Kier alpha value is -3.86. The number of nitrogens with one attached hydrogen (secondary N) is 1. The van der Waals surface area contributed by atoms with Crippen LogP contribution in [0.15, 0.2) is 91.5 Å². The molecule has 1 aromatic heterocycles. The number of amides is 1. The molecule has 0 saturated heterocycles. The number of carbonyl (C=O) groups excluding carboxylic acids is 1. The van der Waals surface area contributed by atoms with E-state index in [1.54, 1.807) is 0 Å². The SMILES string of the molecule is C=CCc1ccccc1OCCCCn1c(CCNC(=O)CCc2ccccc2)nc2ccccc21. The lowest BCUT2D eigenvalue weighted by atomic mass is 10.1. The zero-order valence-corrected chi connectivity index (χ0v) is 20.9. The maximum Gasteiger partial charge on any atom is 0.220 e. The van der Waals surface area contributed by atoms with Crippen molar-refractivity contribution in [3.05, 3.63) is 108 Å². The van der Waals surface area contributed by atoms with E-state index in [4.69, 9.17) is 9.72 Å². The summed E-state index contributed by atoms with van der Waals surface area (Å²) in [4.78, 5) is 17.2. The second-order valence-corrected chi connectivity index (χ2v) is 8.91. The number of imidazole rings is 1. The highest BCUT2D eigenvalue weighted by Crippen LogP contribution is 2.20. The van der Waals surface area contributed by atoms with Gasteiger partial charge in [-0.25, -0.2) is 4.98 Å². The average Bonchev–Trinajstić information content (AvgIpc) is 3.26. The van der Waals surface area contributed by atoms with E-state index in [0.717, 1.165) is 54.8 Å². The molecule has 0 radical (unpaired) electrons. The molecule has 4 aromatic rings. The lowest BCUT2D eigenvalue weighted by molar-refractivity contribution is -0.121. The van der Waals surface area contributed by atoms with E-state index in [1.807, 2.05) is 54.6 Å². The molecule has 1 amide bonds. The summed E-state index contributed by atoms with van der Waals surface area (Å²) in [5, 5.41) is 3.06. The molecule has 0 bridgehead atoms. The van der Waals surface area contributed by atoms with E-state index in [1.165, 1.54) is 11.1 Å². The van der Waals surface area contributed by atoms with Crippen LogP contribution in [0.25, 0.3) is 11.0 Å². The zero-order valence-electron chi connectivity index (χ0n) is 20.9. The fourth-order valence-corrected chi connectivity index (χ4v) is 4.39. The second kappa shape index (κ2) is 13.3. The number of aromatic nitrogens is 2. The van der Waals surface area contributed by atoms with Crippen molar-refractivity contribution in [1.29, 1.82) is 0 Å². The van der Waals surface area contributed by atoms with Crippen molar-refractivity contribution in [2.24, 2.45) is 0 Å². The molecule has 186 valence electrons. The van der Waals surface area contributed by atoms with Crippen molar-refractivity contribution in [3.8, 4) is 5.75 Å². The molecule has 0 saturated carbocycles. The third-order valence-electron chi connectivity index (χ3n) is 6.26. The molecule has 1 N–H and O–H groups in total. The molecule has 0 unspecified atom stereocenters. The van der Waals surface area contributed by atoms with Crippen LogP contribution in [0.4, 0.5) is 0 Å². The molecule has 5 heteroatoms. The maximum atomic E-state index is 12.3. The minimum Gasteiger partial charge on any atom is -0.493 e. The van der Waals surface area contributed by atoms with Crippen molar-refractivity contribution in [2.75, 3.05) is 13.2 Å². The second-order valence-electron chi connectivity index (χ2n) is 8.91. The van der Waals surface area contributed by atoms with Gasteiger partial charge in [0.05, 0.1) is 17.6 Å². The van der Waals surface area contributed by atoms with Gasteiger partial charge in [-0.1, -0.05) is 66.7 Å². The predicted molar refractivity (Wildman–Crippen MR) is 146 cm³/mol. The average molecular weight is 482 g/mol. The summed E-state index contributed by atoms with van der Waals surface area (Å²) in [5.41, 5.74) is 4.49. The Kier molecular flexibility index (Phi) is 9.32. The summed E-state index contributed by atoms with van der Waals surface area (Å²) in [6.07, 6.45) is 6.60. The number of nitrogens with zero attached hydrogens (tertiary/aromatic N) is 2. The van der Waals surface area contributed by atoms with Gasteiger partial charge in [-0.05, 0) is 55.0 Å². The first-order valence-corrected chi connectivity index (χ1v) is 12.8. The van der Waals surface area contributed by atoms with E-state index < -0.39 is 0 Å². The van der Waals surface area contributed by atoms with Gasteiger partial charge in [0.2, 0.25) is 5.91 Å². The first-order chi connectivity index (χ1) is 17.7. The summed E-state index contributed by atoms with van der Waals surface area (Å²) < 4.78 is 8.34. The molecular formula is C31H35N3O2. The van der Waals surface area contributed by atoms with Crippen LogP contribution in [0.1, 0.15) is 36.2 Å². The molecular weight excluding hydrogens is 446 g/mol. The third-order valence-corrected chi connectivity index (χ3v) is 6.26. The molecule has 5 nitrogen and oxygen atoms in total. The number of rotatable bonds is 14. The number of para-hydroxylation sites is 3. The van der Waals surface area contributed by atoms with Crippen LogP contribution < -0.4 is 10.1 Å². The molecule has 0 aliphatic rings. The number of carbonyl (C=O) groups is 1. The third kappa shape index (κ3) is 7.08. The fourth-order valence-electron chi connectivity index (χ4n) is 4.39. The smallest absolute Gasteiger partial charge is 0.220 e. The number of ether oxygens (including phenoxy) is 1. The monoisotopic (exact) mass is 481 g/mol. The quantitative estimate of drug-likeness (QED) is 0.180. The number of allylic oxidation sites excluding steroid dienone is 1. The molecule has 0 spiro atoms. The minimum atomic E-state index is 0.0791. The maximum absolute atomic E-state index is 12.3.